The molecule has 3 nitrogen and oxygen atoms in total. The van der Waals surface area contributed by atoms with Crippen LogP contribution in [0.5, 0.6) is 0 Å². The molecule has 0 amide bonds. The normalized spacial score (nSPS) is 18.7. The number of hydrogen-bond acceptors (Lipinski definition) is 3. The lowest BCUT2D eigenvalue weighted by Crippen LogP contribution is -2.29. The fourth-order valence-corrected chi connectivity index (χ4v) is 2.80. The van der Waals surface area contributed by atoms with Gasteiger partial charge in [0.2, 0.25) is 0 Å². The van der Waals surface area contributed by atoms with Crippen LogP contribution in [-0.2, 0) is 0 Å². The molecule has 1 N–H and O–H groups in total. The first-order valence-electron chi connectivity index (χ1n) is 6.75. The molecule has 100 valence electrons. The maximum absolute atomic E-state index is 6.13. The molecular formula is C14H22ClN3. The van der Waals surface area contributed by atoms with Gasteiger partial charge in [-0.2, -0.15) is 0 Å². The van der Waals surface area contributed by atoms with Crippen LogP contribution in [0.15, 0.2) is 0 Å². The average Bonchev–Trinajstić information content (AvgIpc) is 2.33. The lowest BCUT2D eigenvalue weighted by molar-refractivity contribution is 0.233. The molecule has 0 saturated heterocycles. The third kappa shape index (κ3) is 3.14. The van der Waals surface area contributed by atoms with Crippen molar-refractivity contribution in [2.45, 2.75) is 52.9 Å². The van der Waals surface area contributed by atoms with Crippen LogP contribution in [0.1, 0.15) is 50.4 Å². The molecule has 1 aliphatic rings. The van der Waals surface area contributed by atoms with E-state index in [-0.39, 0.29) is 0 Å². The monoisotopic (exact) mass is 267 g/mol. The maximum Gasteiger partial charge on any atom is 0.171 e. The predicted molar refractivity (Wildman–Crippen MR) is 76.2 cm³/mol. The van der Waals surface area contributed by atoms with Crippen molar-refractivity contribution < 1.29 is 0 Å². The summed E-state index contributed by atoms with van der Waals surface area (Å²) in [5.41, 5.74) is 2.22. The van der Waals surface area contributed by atoms with Gasteiger partial charge in [-0.05, 0) is 32.1 Å². The second kappa shape index (κ2) is 5.43. The molecule has 0 aliphatic heterocycles. The lowest BCUT2D eigenvalue weighted by atomic mass is 9.76. The highest BCUT2D eigenvalue weighted by atomic mass is 35.5. The summed E-state index contributed by atoms with van der Waals surface area (Å²) in [6.45, 7) is 7.18. The van der Waals surface area contributed by atoms with Crippen LogP contribution < -0.4 is 5.32 Å². The van der Waals surface area contributed by atoms with Gasteiger partial charge >= 0.3 is 0 Å². The van der Waals surface area contributed by atoms with E-state index >= 15 is 0 Å². The SMILES string of the molecule is Cc1nc(Cl)c(NCC2(C)CCCCC2)nc1C. The minimum absolute atomic E-state index is 0.377. The average molecular weight is 268 g/mol. The third-order valence-corrected chi connectivity index (χ3v) is 4.27. The summed E-state index contributed by atoms with van der Waals surface area (Å²) in [5, 5.41) is 3.87. The Kier molecular flexibility index (Phi) is 4.10. The van der Waals surface area contributed by atoms with Crippen molar-refractivity contribution in [1.82, 2.24) is 9.97 Å². The van der Waals surface area contributed by atoms with Gasteiger partial charge in [-0.25, -0.2) is 9.97 Å². The van der Waals surface area contributed by atoms with Gasteiger partial charge in [-0.1, -0.05) is 37.8 Å². The molecule has 1 aromatic heterocycles. The van der Waals surface area contributed by atoms with Crippen LogP contribution in [0.2, 0.25) is 5.15 Å². The van der Waals surface area contributed by atoms with E-state index in [4.69, 9.17) is 11.6 Å². The summed E-state index contributed by atoms with van der Waals surface area (Å²) < 4.78 is 0. The summed E-state index contributed by atoms with van der Waals surface area (Å²) in [4.78, 5) is 8.78. The lowest BCUT2D eigenvalue weighted by Gasteiger charge is -2.33. The molecule has 1 heterocycles. The zero-order valence-electron chi connectivity index (χ0n) is 11.5. The number of hydrogen-bond donors (Lipinski definition) is 1. The quantitative estimate of drug-likeness (QED) is 0.895. The first-order chi connectivity index (χ1) is 8.50. The number of anilines is 1. The highest BCUT2D eigenvalue weighted by Gasteiger charge is 2.26. The topological polar surface area (TPSA) is 37.8 Å². The van der Waals surface area contributed by atoms with Gasteiger partial charge in [0.25, 0.3) is 0 Å². The molecule has 1 fully saturated rings. The fraction of sp³-hybridized carbons (Fsp3) is 0.714. The molecule has 0 spiro atoms. The zero-order valence-corrected chi connectivity index (χ0v) is 12.3. The van der Waals surface area contributed by atoms with Crippen LogP contribution in [0, 0.1) is 19.3 Å². The number of aromatic nitrogens is 2. The smallest absolute Gasteiger partial charge is 0.171 e. The number of rotatable bonds is 3. The van der Waals surface area contributed by atoms with E-state index in [9.17, 15) is 0 Å². The number of aryl methyl sites for hydroxylation is 2. The first kappa shape index (κ1) is 13.6. The minimum Gasteiger partial charge on any atom is -0.367 e. The standard InChI is InChI=1S/C14H22ClN3/c1-10-11(2)18-13(12(15)17-10)16-9-14(3)7-5-4-6-8-14/h4-9H2,1-3H3,(H,16,18). The van der Waals surface area contributed by atoms with E-state index in [1.165, 1.54) is 32.1 Å². The van der Waals surface area contributed by atoms with Crippen molar-refractivity contribution >= 4 is 17.4 Å². The molecule has 0 bridgehead atoms. The largest absolute Gasteiger partial charge is 0.367 e. The Morgan fingerprint density at radius 2 is 1.72 bits per heavy atom. The van der Waals surface area contributed by atoms with E-state index in [0.717, 1.165) is 23.8 Å². The van der Waals surface area contributed by atoms with Crippen molar-refractivity contribution in [3.05, 3.63) is 16.5 Å². The molecule has 0 unspecified atom stereocenters. The molecular weight excluding hydrogens is 246 g/mol. The molecule has 0 atom stereocenters. The van der Waals surface area contributed by atoms with Crippen molar-refractivity contribution in [3.8, 4) is 0 Å². The van der Waals surface area contributed by atoms with E-state index in [1.54, 1.807) is 0 Å². The van der Waals surface area contributed by atoms with Crippen molar-refractivity contribution in [2.75, 3.05) is 11.9 Å². The van der Waals surface area contributed by atoms with Gasteiger partial charge in [0.05, 0.1) is 11.4 Å². The Morgan fingerprint density at radius 3 is 2.39 bits per heavy atom. The highest BCUT2D eigenvalue weighted by Crippen LogP contribution is 2.36. The summed E-state index contributed by atoms with van der Waals surface area (Å²) in [7, 11) is 0. The summed E-state index contributed by atoms with van der Waals surface area (Å²) in [5.74, 6) is 0.728. The molecule has 0 aromatic carbocycles. The van der Waals surface area contributed by atoms with E-state index < -0.39 is 0 Å². The molecule has 0 radical (unpaired) electrons. The highest BCUT2D eigenvalue weighted by molar-refractivity contribution is 6.31. The van der Waals surface area contributed by atoms with Crippen molar-refractivity contribution in [3.63, 3.8) is 0 Å². The fourth-order valence-electron chi connectivity index (χ4n) is 2.57. The molecule has 2 rings (SSSR count). The maximum atomic E-state index is 6.13. The van der Waals surface area contributed by atoms with Crippen molar-refractivity contribution in [1.29, 1.82) is 0 Å². The Labute approximate surface area is 114 Å². The Balaban J connectivity index is 2.03. The van der Waals surface area contributed by atoms with Crippen LogP contribution >= 0.6 is 11.6 Å². The van der Waals surface area contributed by atoms with Crippen LogP contribution in [-0.4, -0.2) is 16.5 Å². The second-order valence-corrected chi connectivity index (χ2v) is 6.12. The van der Waals surface area contributed by atoms with Gasteiger partial charge < -0.3 is 5.32 Å². The number of nitrogens with zero attached hydrogens (tertiary/aromatic N) is 2. The van der Waals surface area contributed by atoms with Crippen LogP contribution in [0.25, 0.3) is 0 Å². The van der Waals surface area contributed by atoms with E-state index in [2.05, 4.69) is 22.2 Å². The van der Waals surface area contributed by atoms with Crippen LogP contribution in [0.3, 0.4) is 0 Å². The number of halogens is 1. The van der Waals surface area contributed by atoms with E-state index in [1.807, 2.05) is 13.8 Å². The van der Waals surface area contributed by atoms with E-state index in [0.29, 0.717) is 10.6 Å². The van der Waals surface area contributed by atoms with Gasteiger partial charge in [0, 0.05) is 6.54 Å². The van der Waals surface area contributed by atoms with Crippen LogP contribution in [0.4, 0.5) is 5.82 Å². The Bertz CT molecular complexity index is 425. The minimum atomic E-state index is 0.377. The third-order valence-electron chi connectivity index (χ3n) is 4.01. The predicted octanol–water partition coefficient (Wildman–Crippen LogP) is 4.13. The van der Waals surface area contributed by atoms with Gasteiger partial charge in [0.15, 0.2) is 11.0 Å². The number of nitrogens with one attached hydrogen (secondary N) is 1. The molecule has 4 heteroatoms. The second-order valence-electron chi connectivity index (χ2n) is 5.76. The Hall–Kier alpha value is -0.830. The Morgan fingerprint density at radius 1 is 1.11 bits per heavy atom. The van der Waals surface area contributed by atoms with Gasteiger partial charge in [-0.3, -0.25) is 0 Å². The summed E-state index contributed by atoms with van der Waals surface area (Å²) in [6.07, 6.45) is 6.63. The zero-order chi connectivity index (χ0) is 13.2. The first-order valence-corrected chi connectivity index (χ1v) is 7.13. The molecule has 1 aromatic rings. The molecule has 1 aliphatic carbocycles. The molecule has 18 heavy (non-hydrogen) atoms. The molecule has 1 saturated carbocycles. The summed E-state index contributed by atoms with van der Waals surface area (Å²) >= 11 is 6.13. The van der Waals surface area contributed by atoms with Crippen molar-refractivity contribution in [2.24, 2.45) is 5.41 Å². The van der Waals surface area contributed by atoms with Gasteiger partial charge in [-0.15, -0.1) is 0 Å². The van der Waals surface area contributed by atoms with Gasteiger partial charge in [0.1, 0.15) is 0 Å². The summed E-state index contributed by atoms with van der Waals surface area (Å²) in [6, 6.07) is 0.